The molecule has 1 aromatic heterocycles. The lowest BCUT2D eigenvalue weighted by molar-refractivity contribution is 0.135. The van der Waals surface area contributed by atoms with Crippen molar-refractivity contribution in [2.75, 3.05) is 37.7 Å². The van der Waals surface area contributed by atoms with E-state index in [1.165, 1.54) is 16.6 Å². The van der Waals surface area contributed by atoms with E-state index in [9.17, 15) is 5.11 Å². The molecule has 1 atom stereocenters. The number of aromatic nitrogens is 1. The van der Waals surface area contributed by atoms with Gasteiger partial charge in [0.2, 0.25) is 0 Å². The van der Waals surface area contributed by atoms with Crippen molar-refractivity contribution in [2.24, 2.45) is 0 Å². The second-order valence-electron chi connectivity index (χ2n) is 7.51. The van der Waals surface area contributed by atoms with Crippen LogP contribution in [0, 0.1) is 0 Å². The maximum atomic E-state index is 9.65. The maximum Gasteiger partial charge on any atom is 0.119 e. The first kappa shape index (κ1) is 19.7. The van der Waals surface area contributed by atoms with E-state index < -0.39 is 0 Å². The Morgan fingerprint density at radius 2 is 1.90 bits per heavy atom. The number of fused-ring (bicyclic) bond motifs is 1. The first-order valence-electron chi connectivity index (χ1n) is 10.4. The Morgan fingerprint density at radius 1 is 1.07 bits per heavy atom. The number of pyridine rings is 1. The third-order valence-corrected chi connectivity index (χ3v) is 5.65. The van der Waals surface area contributed by atoms with Gasteiger partial charge in [-0.1, -0.05) is 30.3 Å². The zero-order chi connectivity index (χ0) is 20.1. The molecule has 0 unspecified atom stereocenters. The molecular formula is C24H29N3O2. The van der Waals surface area contributed by atoms with Gasteiger partial charge < -0.3 is 14.7 Å². The van der Waals surface area contributed by atoms with Crippen LogP contribution in [0.3, 0.4) is 0 Å². The summed E-state index contributed by atoms with van der Waals surface area (Å²) in [6, 6.07) is 19.1. The highest BCUT2D eigenvalue weighted by atomic mass is 16.5. The average molecular weight is 392 g/mol. The number of para-hydroxylation sites is 1. The van der Waals surface area contributed by atoms with Crippen LogP contribution in [0.2, 0.25) is 0 Å². The molecule has 0 bridgehead atoms. The number of piperazine rings is 1. The lowest BCUT2D eigenvalue weighted by Crippen LogP contribution is -2.53. The Labute approximate surface area is 172 Å². The quantitative estimate of drug-likeness (QED) is 0.665. The SMILES string of the molecule is CCOc1ccc(CN2CCN(c3ccnc4ccccc34)C[C@@H]2CCO)cc1. The molecule has 0 aliphatic carbocycles. The van der Waals surface area contributed by atoms with E-state index >= 15 is 0 Å². The zero-order valence-electron chi connectivity index (χ0n) is 17.0. The fourth-order valence-corrected chi connectivity index (χ4v) is 4.19. The topological polar surface area (TPSA) is 48.8 Å². The predicted molar refractivity (Wildman–Crippen MR) is 117 cm³/mol. The normalized spacial score (nSPS) is 17.6. The van der Waals surface area contributed by atoms with E-state index in [0.717, 1.165) is 43.9 Å². The Morgan fingerprint density at radius 3 is 2.69 bits per heavy atom. The Balaban J connectivity index is 1.49. The average Bonchev–Trinajstić information content (AvgIpc) is 2.76. The van der Waals surface area contributed by atoms with Crippen LogP contribution in [0.15, 0.2) is 60.8 Å². The van der Waals surface area contributed by atoms with Crippen molar-refractivity contribution >= 4 is 16.6 Å². The third kappa shape index (κ3) is 4.52. The van der Waals surface area contributed by atoms with Crippen LogP contribution in [0.4, 0.5) is 5.69 Å². The highest BCUT2D eigenvalue weighted by molar-refractivity contribution is 5.91. The van der Waals surface area contributed by atoms with Gasteiger partial charge in [-0.3, -0.25) is 9.88 Å². The predicted octanol–water partition coefficient (Wildman–Crippen LogP) is 3.71. The van der Waals surface area contributed by atoms with Crippen molar-refractivity contribution in [1.29, 1.82) is 0 Å². The summed E-state index contributed by atoms with van der Waals surface area (Å²) in [5, 5.41) is 10.8. The minimum absolute atomic E-state index is 0.204. The number of hydrogen-bond acceptors (Lipinski definition) is 5. The summed E-state index contributed by atoms with van der Waals surface area (Å²) in [5.74, 6) is 0.914. The van der Waals surface area contributed by atoms with Gasteiger partial charge in [0.05, 0.1) is 12.1 Å². The van der Waals surface area contributed by atoms with Crippen molar-refractivity contribution in [1.82, 2.24) is 9.88 Å². The van der Waals surface area contributed by atoms with Crippen molar-refractivity contribution in [3.8, 4) is 5.75 Å². The molecule has 1 aliphatic heterocycles. The summed E-state index contributed by atoms with van der Waals surface area (Å²) in [4.78, 5) is 9.43. The maximum absolute atomic E-state index is 9.65. The molecule has 0 amide bonds. The van der Waals surface area contributed by atoms with Crippen LogP contribution in [0.5, 0.6) is 5.75 Å². The zero-order valence-corrected chi connectivity index (χ0v) is 17.0. The molecule has 29 heavy (non-hydrogen) atoms. The van der Waals surface area contributed by atoms with Gasteiger partial charge in [-0.2, -0.15) is 0 Å². The van der Waals surface area contributed by atoms with Crippen molar-refractivity contribution in [2.45, 2.75) is 25.9 Å². The van der Waals surface area contributed by atoms with Crippen LogP contribution >= 0.6 is 0 Å². The third-order valence-electron chi connectivity index (χ3n) is 5.65. The fourth-order valence-electron chi connectivity index (χ4n) is 4.19. The first-order valence-corrected chi connectivity index (χ1v) is 10.4. The standard InChI is InChI=1S/C24H29N3O2/c1-2-29-21-9-7-19(8-10-21)17-26-14-15-27(18-20(26)12-16-28)24-11-13-25-23-6-4-3-5-22(23)24/h3-11,13,20,28H,2,12,14-18H2,1H3/t20-/m0/s1. The molecule has 2 aromatic carbocycles. The van der Waals surface area contributed by atoms with Crippen LogP contribution in [-0.4, -0.2) is 53.9 Å². The van der Waals surface area contributed by atoms with Crippen LogP contribution in [0.1, 0.15) is 18.9 Å². The molecule has 2 heterocycles. The molecule has 152 valence electrons. The van der Waals surface area contributed by atoms with Gasteiger partial charge in [-0.05, 0) is 43.2 Å². The van der Waals surface area contributed by atoms with Crippen LogP contribution < -0.4 is 9.64 Å². The largest absolute Gasteiger partial charge is 0.494 e. The van der Waals surface area contributed by atoms with Gasteiger partial charge >= 0.3 is 0 Å². The number of anilines is 1. The van der Waals surface area contributed by atoms with Gasteiger partial charge in [0.1, 0.15) is 5.75 Å². The molecule has 1 fully saturated rings. The van der Waals surface area contributed by atoms with E-state index in [4.69, 9.17) is 4.74 Å². The second kappa shape index (κ2) is 9.25. The fraction of sp³-hybridized carbons (Fsp3) is 0.375. The van der Waals surface area contributed by atoms with Gasteiger partial charge in [0.25, 0.3) is 0 Å². The van der Waals surface area contributed by atoms with Crippen molar-refractivity contribution < 1.29 is 9.84 Å². The second-order valence-corrected chi connectivity index (χ2v) is 7.51. The molecule has 0 saturated carbocycles. The highest BCUT2D eigenvalue weighted by Crippen LogP contribution is 2.28. The molecule has 5 nitrogen and oxygen atoms in total. The summed E-state index contributed by atoms with van der Waals surface area (Å²) in [7, 11) is 0. The molecule has 3 aromatic rings. The molecule has 1 N–H and O–H groups in total. The minimum Gasteiger partial charge on any atom is -0.494 e. The van der Waals surface area contributed by atoms with E-state index in [0.29, 0.717) is 12.6 Å². The summed E-state index contributed by atoms with van der Waals surface area (Å²) in [5.41, 5.74) is 3.54. The number of rotatable bonds is 7. The minimum atomic E-state index is 0.204. The van der Waals surface area contributed by atoms with Gasteiger partial charge in [0, 0.05) is 56.1 Å². The van der Waals surface area contributed by atoms with Crippen molar-refractivity contribution in [3.05, 3.63) is 66.4 Å². The van der Waals surface area contributed by atoms with Gasteiger partial charge in [0.15, 0.2) is 0 Å². The summed E-state index contributed by atoms with van der Waals surface area (Å²) in [6.07, 6.45) is 2.67. The Bertz CT molecular complexity index is 924. The summed E-state index contributed by atoms with van der Waals surface area (Å²) >= 11 is 0. The molecule has 1 aliphatic rings. The van der Waals surface area contributed by atoms with Gasteiger partial charge in [-0.15, -0.1) is 0 Å². The molecular weight excluding hydrogens is 362 g/mol. The van der Waals surface area contributed by atoms with Crippen LogP contribution in [0.25, 0.3) is 10.9 Å². The van der Waals surface area contributed by atoms with E-state index in [2.05, 4.69) is 51.2 Å². The number of aliphatic hydroxyl groups excluding tert-OH is 1. The lowest BCUT2D eigenvalue weighted by Gasteiger charge is -2.42. The highest BCUT2D eigenvalue weighted by Gasteiger charge is 2.27. The van der Waals surface area contributed by atoms with E-state index in [1.54, 1.807) is 0 Å². The van der Waals surface area contributed by atoms with Gasteiger partial charge in [-0.25, -0.2) is 0 Å². The first-order chi connectivity index (χ1) is 14.3. The number of ether oxygens (including phenoxy) is 1. The Kier molecular flexibility index (Phi) is 6.27. The Hall–Kier alpha value is -2.63. The number of aliphatic hydroxyl groups is 1. The van der Waals surface area contributed by atoms with Crippen molar-refractivity contribution in [3.63, 3.8) is 0 Å². The number of nitrogens with zero attached hydrogens (tertiary/aromatic N) is 3. The molecule has 1 saturated heterocycles. The summed E-state index contributed by atoms with van der Waals surface area (Å²) in [6.45, 7) is 6.62. The summed E-state index contributed by atoms with van der Waals surface area (Å²) < 4.78 is 5.55. The van der Waals surface area contributed by atoms with Crippen LogP contribution in [-0.2, 0) is 6.54 Å². The molecule has 0 radical (unpaired) electrons. The molecule has 4 rings (SSSR count). The number of hydrogen-bond donors (Lipinski definition) is 1. The lowest BCUT2D eigenvalue weighted by atomic mass is 10.0. The smallest absolute Gasteiger partial charge is 0.119 e. The van der Waals surface area contributed by atoms with E-state index in [1.807, 2.05) is 31.3 Å². The van der Waals surface area contributed by atoms with E-state index in [-0.39, 0.29) is 6.61 Å². The monoisotopic (exact) mass is 391 g/mol. The number of benzene rings is 2. The molecule has 0 spiro atoms. The molecule has 5 heteroatoms.